The van der Waals surface area contributed by atoms with E-state index in [4.69, 9.17) is 32.9 Å². The van der Waals surface area contributed by atoms with Crippen molar-refractivity contribution < 1.29 is 13.5 Å². The number of hydrogen-bond donors (Lipinski definition) is 0. The second-order valence-electron chi connectivity index (χ2n) is 6.24. The summed E-state index contributed by atoms with van der Waals surface area (Å²) >= 11 is 13.7. The van der Waals surface area contributed by atoms with Crippen LogP contribution in [-0.2, 0) is 22.3 Å². The van der Waals surface area contributed by atoms with Crippen molar-refractivity contribution in [3.8, 4) is 0 Å². The topological polar surface area (TPSA) is 21.7 Å². The van der Waals surface area contributed by atoms with Crippen LogP contribution in [0.3, 0.4) is 0 Å². The van der Waals surface area contributed by atoms with Gasteiger partial charge in [0.05, 0.1) is 19.4 Å². The molecule has 0 fully saturated rings. The van der Waals surface area contributed by atoms with Gasteiger partial charge in [-0.3, -0.25) is 0 Å². The summed E-state index contributed by atoms with van der Waals surface area (Å²) in [4.78, 5) is 2.21. The van der Waals surface area contributed by atoms with Crippen molar-refractivity contribution in [3.63, 3.8) is 0 Å². The fourth-order valence-electron chi connectivity index (χ4n) is 3.48. The quantitative estimate of drug-likeness (QED) is 0.462. The standard InChI is InChI=1S/C19H29Cl2N2O2/c1-5-15-8-7-9-16(6-2)18(15)19-22(10-12-24-3)14-17(20)23(19,21)11-13-25-4/h7-9,14,19H,5-6,10-13H2,1-4H3/q+1. The Kier molecular flexibility index (Phi) is 7.59. The Morgan fingerprint density at radius 1 is 1.08 bits per heavy atom. The van der Waals surface area contributed by atoms with E-state index in [-0.39, 0.29) is 10.2 Å². The SMILES string of the molecule is CCc1cccc(CC)c1C1N(CCOC)C=C(Cl)[N+]1(Cl)CCOC. The molecule has 0 saturated heterocycles. The summed E-state index contributed by atoms with van der Waals surface area (Å²) in [7, 11) is 3.40. The first-order valence-electron chi connectivity index (χ1n) is 8.83. The van der Waals surface area contributed by atoms with Crippen molar-refractivity contribution >= 4 is 23.4 Å². The molecule has 6 heteroatoms. The minimum atomic E-state index is -0.0782. The molecule has 1 aliphatic heterocycles. The number of methoxy groups -OCH3 is 2. The first kappa shape index (κ1) is 20.5. The fourth-order valence-corrected chi connectivity index (χ4v) is 4.10. The molecule has 0 saturated carbocycles. The summed E-state index contributed by atoms with van der Waals surface area (Å²) in [5.74, 6) is 0. The van der Waals surface area contributed by atoms with E-state index in [0.717, 1.165) is 19.4 Å². The molecule has 2 unspecified atom stereocenters. The van der Waals surface area contributed by atoms with Crippen molar-refractivity contribution in [3.05, 3.63) is 46.2 Å². The van der Waals surface area contributed by atoms with Crippen LogP contribution in [0.25, 0.3) is 0 Å². The number of halogens is 2. The predicted octanol–water partition coefficient (Wildman–Crippen LogP) is 4.43. The molecule has 1 aromatic rings. The van der Waals surface area contributed by atoms with Gasteiger partial charge in [-0.1, -0.05) is 32.0 Å². The molecule has 1 heterocycles. The van der Waals surface area contributed by atoms with Crippen LogP contribution in [0.2, 0.25) is 0 Å². The van der Waals surface area contributed by atoms with Gasteiger partial charge in [0.15, 0.2) is 11.8 Å². The van der Waals surface area contributed by atoms with E-state index in [9.17, 15) is 0 Å². The monoisotopic (exact) mass is 387 g/mol. The summed E-state index contributed by atoms with van der Waals surface area (Å²) in [5.41, 5.74) is 3.90. The van der Waals surface area contributed by atoms with Gasteiger partial charge < -0.3 is 14.4 Å². The normalized spacial score (nSPS) is 23.2. The first-order valence-corrected chi connectivity index (χ1v) is 9.54. The summed E-state index contributed by atoms with van der Waals surface area (Å²) in [6.45, 7) is 6.85. The second-order valence-corrected chi connectivity index (χ2v) is 7.23. The highest BCUT2D eigenvalue weighted by molar-refractivity contribution is 6.30. The van der Waals surface area contributed by atoms with Gasteiger partial charge in [-0.15, -0.1) is 0 Å². The number of ether oxygens (including phenoxy) is 2. The Morgan fingerprint density at radius 3 is 2.20 bits per heavy atom. The Hall–Kier alpha value is -0.780. The molecule has 0 aromatic heterocycles. The Balaban J connectivity index is 2.55. The lowest BCUT2D eigenvalue weighted by molar-refractivity contribution is -0.808. The van der Waals surface area contributed by atoms with Crippen LogP contribution in [0.15, 0.2) is 29.6 Å². The summed E-state index contributed by atoms with van der Waals surface area (Å²) < 4.78 is 10.7. The summed E-state index contributed by atoms with van der Waals surface area (Å²) in [6.07, 6.45) is 3.79. The van der Waals surface area contributed by atoms with Gasteiger partial charge >= 0.3 is 0 Å². The minimum Gasteiger partial charge on any atom is -0.383 e. The van der Waals surface area contributed by atoms with Gasteiger partial charge in [-0.2, -0.15) is 4.00 Å². The highest BCUT2D eigenvalue weighted by Crippen LogP contribution is 2.48. The lowest BCUT2D eigenvalue weighted by Gasteiger charge is -2.36. The van der Waals surface area contributed by atoms with Gasteiger partial charge in [-0.25, -0.2) is 0 Å². The van der Waals surface area contributed by atoms with Gasteiger partial charge in [0, 0.05) is 26.3 Å². The molecule has 1 aliphatic rings. The molecular formula is C19H29Cl2N2O2+. The van der Waals surface area contributed by atoms with Crippen LogP contribution in [-0.4, -0.2) is 49.4 Å². The van der Waals surface area contributed by atoms with Gasteiger partial charge in [0.1, 0.15) is 6.54 Å². The molecule has 0 radical (unpaired) electrons. The minimum absolute atomic E-state index is 0.0782. The average Bonchev–Trinajstić information content (AvgIpc) is 2.87. The van der Waals surface area contributed by atoms with E-state index in [1.54, 1.807) is 14.2 Å². The average molecular weight is 388 g/mol. The van der Waals surface area contributed by atoms with E-state index < -0.39 is 0 Å². The maximum absolute atomic E-state index is 7.11. The van der Waals surface area contributed by atoms with E-state index in [2.05, 4.69) is 36.9 Å². The predicted molar refractivity (Wildman–Crippen MR) is 103 cm³/mol. The fraction of sp³-hybridized carbons (Fsp3) is 0.579. The van der Waals surface area contributed by atoms with Crippen LogP contribution in [0, 0.1) is 0 Å². The lowest BCUT2D eigenvalue weighted by atomic mass is 9.94. The zero-order valence-corrected chi connectivity index (χ0v) is 17.1. The van der Waals surface area contributed by atoms with Gasteiger partial charge in [0.25, 0.3) is 0 Å². The smallest absolute Gasteiger partial charge is 0.237 e. The van der Waals surface area contributed by atoms with E-state index in [1.807, 2.05) is 6.20 Å². The molecule has 2 rings (SSSR count). The molecule has 140 valence electrons. The third-order valence-corrected chi connectivity index (χ3v) is 5.83. The molecule has 4 nitrogen and oxygen atoms in total. The number of aryl methyl sites for hydroxylation is 2. The maximum Gasteiger partial charge on any atom is 0.237 e. The van der Waals surface area contributed by atoms with E-state index in [0.29, 0.717) is 24.9 Å². The van der Waals surface area contributed by atoms with Crippen molar-refractivity contribution in [2.45, 2.75) is 32.9 Å². The molecule has 0 amide bonds. The molecule has 2 atom stereocenters. The van der Waals surface area contributed by atoms with E-state index >= 15 is 0 Å². The van der Waals surface area contributed by atoms with Crippen molar-refractivity contribution in [2.24, 2.45) is 0 Å². The van der Waals surface area contributed by atoms with Crippen LogP contribution >= 0.6 is 23.4 Å². The largest absolute Gasteiger partial charge is 0.383 e. The number of nitrogens with zero attached hydrogens (tertiary/aromatic N) is 2. The summed E-state index contributed by atoms with van der Waals surface area (Å²) in [5, 5.41) is 0.618. The Morgan fingerprint density at radius 2 is 1.68 bits per heavy atom. The number of hydrogen-bond acceptors (Lipinski definition) is 3. The second kappa shape index (κ2) is 9.24. The Labute approximate surface area is 161 Å². The molecular weight excluding hydrogens is 359 g/mol. The lowest BCUT2D eigenvalue weighted by Crippen LogP contribution is -2.45. The molecule has 0 spiro atoms. The third kappa shape index (κ3) is 4.15. The zero-order valence-electron chi connectivity index (χ0n) is 15.6. The van der Waals surface area contributed by atoms with Crippen LogP contribution in [0.5, 0.6) is 0 Å². The van der Waals surface area contributed by atoms with Crippen LogP contribution in [0.4, 0.5) is 0 Å². The molecule has 0 aliphatic carbocycles. The molecule has 25 heavy (non-hydrogen) atoms. The van der Waals surface area contributed by atoms with Crippen LogP contribution < -0.4 is 0 Å². The van der Waals surface area contributed by atoms with Gasteiger partial charge in [0.2, 0.25) is 11.3 Å². The highest BCUT2D eigenvalue weighted by atomic mass is 35.5. The highest BCUT2D eigenvalue weighted by Gasteiger charge is 2.50. The first-order chi connectivity index (χ1) is 12.0. The van der Waals surface area contributed by atoms with Crippen molar-refractivity contribution in [1.82, 2.24) is 4.90 Å². The maximum atomic E-state index is 7.11. The zero-order chi connectivity index (χ0) is 18.4. The summed E-state index contributed by atoms with van der Waals surface area (Å²) in [6, 6.07) is 6.50. The van der Waals surface area contributed by atoms with Gasteiger partial charge in [-0.05, 0) is 35.6 Å². The van der Waals surface area contributed by atoms with Crippen molar-refractivity contribution in [1.29, 1.82) is 0 Å². The third-order valence-electron chi connectivity index (χ3n) is 4.81. The number of quaternary nitrogens is 1. The van der Waals surface area contributed by atoms with Crippen LogP contribution in [0.1, 0.15) is 36.7 Å². The van der Waals surface area contributed by atoms with Crippen molar-refractivity contribution in [2.75, 3.05) is 40.5 Å². The Bertz CT molecular complexity index is 587. The molecule has 0 N–H and O–H groups in total. The van der Waals surface area contributed by atoms with E-state index in [1.165, 1.54) is 16.7 Å². The molecule has 0 bridgehead atoms. The number of rotatable bonds is 9. The molecule has 1 aromatic carbocycles. The number of benzene rings is 1.